The Kier molecular flexibility index (Phi) is 11.6. The summed E-state index contributed by atoms with van der Waals surface area (Å²) in [5.41, 5.74) is 5.29. The minimum atomic E-state index is -0.917. The number of amides is 4. The molecule has 0 aliphatic carbocycles. The highest BCUT2D eigenvalue weighted by molar-refractivity contribution is 5.88. The van der Waals surface area contributed by atoms with Gasteiger partial charge in [-0.05, 0) is 79.3 Å². The summed E-state index contributed by atoms with van der Waals surface area (Å²) in [6.45, 7) is 1.04. The fraction of sp³-hybridized carbons (Fsp3) is 0.261. The molecule has 0 unspecified atom stereocenters. The molecular formula is C46H43N7O7. The molecular weight excluding hydrogens is 763 g/mol. The zero-order valence-electron chi connectivity index (χ0n) is 33.1. The molecule has 2 aromatic heterocycles. The van der Waals surface area contributed by atoms with Crippen LogP contribution in [0.2, 0.25) is 0 Å². The lowest BCUT2D eigenvalue weighted by atomic mass is 10.1. The van der Waals surface area contributed by atoms with E-state index in [9.17, 15) is 19.2 Å². The summed E-state index contributed by atoms with van der Waals surface area (Å²) >= 11 is 0. The number of hydrogen-bond donors (Lipinski definition) is 3. The van der Waals surface area contributed by atoms with E-state index in [2.05, 4.69) is 32.4 Å². The van der Waals surface area contributed by atoms with Gasteiger partial charge < -0.3 is 39.3 Å². The van der Waals surface area contributed by atoms with Gasteiger partial charge in [0.2, 0.25) is 5.89 Å². The first-order valence-electron chi connectivity index (χ1n) is 19.8. The van der Waals surface area contributed by atoms with E-state index in [0.29, 0.717) is 48.1 Å². The molecule has 0 saturated carbocycles. The third-order valence-corrected chi connectivity index (χ3v) is 10.9. The van der Waals surface area contributed by atoms with Gasteiger partial charge >= 0.3 is 12.2 Å². The van der Waals surface area contributed by atoms with Crippen molar-refractivity contribution in [1.82, 2.24) is 35.4 Å². The summed E-state index contributed by atoms with van der Waals surface area (Å²) in [6.07, 6.45) is 3.26. The fourth-order valence-electron chi connectivity index (χ4n) is 7.86. The number of H-pyrrole nitrogens is 1. The summed E-state index contributed by atoms with van der Waals surface area (Å²) in [5.74, 6) is 7.66. The van der Waals surface area contributed by atoms with Crippen LogP contribution in [0.15, 0.2) is 114 Å². The number of rotatable bonds is 9. The van der Waals surface area contributed by atoms with Crippen molar-refractivity contribution in [2.45, 2.75) is 49.9 Å². The maximum absolute atomic E-state index is 13.9. The number of nitrogens with one attached hydrogen (secondary N) is 3. The predicted octanol–water partition coefficient (Wildman–Crippen LogP) is 7.14. The van der Waals surface area contributed by atoms with Gasteiger partial charge in [-0.1, -0.05) is 72.5 Å². The summed E-state index contributed by atoms with van der Waals surface area (Å²) in [6, 6.07) is 29.1. The third kappa shape index (κ3) is 8.42. The van der Waals surface area contributed by atoms with Gasteiger partial charge in [0.1, 0.15) is 23.9 Å². The van der Waals surface area contributed by atoms with Gasteiger partial charge in [0, 0.05) is 29.8 Å². The Balaban J connectivity index is 0.941. The maximum Gasteiger partial charge on any atom is 0.407 e. The standard InChI is InChI=1S/C46H43N7O7/c1-58-45(56)50-39(32-11-5-3-6-12-32)43(54)52-25-9-15-36(52)41-48-34-24-21-30(27-35(34)49-41)18-17-29-19-22-31(23-20-29)38-28-47-42(60-38)37-16-10-26-53(37)44(55)40(51-46(57)59-2)33-13-7-4-8-14-33/h3-8,11-14,19-24,27-28,36-37,39-40H,9-10,15-16,25-26H2,1-2H3,(H,48,49)(H,50,56)(H,51,57)/t36-,37-,39+,40+/m0/s1. The number of carbonyl (C=O) groups is 4. The van der Waals surface area contributed by atoms with Crippen molar-refractivity contribution in [3.05, 3.63) is 143 Å². The molecule has 4 aromatic carbocycles. The van der Waals surface area contributed by atoms with Crippen molar-refractivity contribution in [3.8, 4) is 23.2 Å². The third-order valence-electron chi connectivity index (χ3n) is 10.9. The molecule has 2 aliphatic heterocycles. The molecule has 2 aliphatic rings. The minimum absolute atomic E-state index is 0.230. The molecule has 14 heteroatoms. The second-order valence-electron chi connectivity index (χ2n) is 14.6. The molecule has 0 spiro atoms. The van der Waals surface area contributed by atoms with E-state index in [4.69, 9.17) is 18.9 Å². The highest BCUT2D eigenvalue weighted by Gasteiger charge is 2.39. The molecule has 60 heavy (non-hydrogen) atoms. The van der Waals surface area contributed by atoms with Crippen molar-refractivity contribution < 1.29 is 33.1 Å². The monoisotopic (exact) mass is 805 g/mol. The van der Waals surface area contributed by atoms with Crippen LogP contribution in [0, 0.1) is 11.8 Å². The van der Waals surface area contributed by atoms with Crippen LogP contribution in [-0.2, 0) is 19.1 Å². The van der Waals surface area contributed by atoms with Gasteiger partial charge in [0.15, 0.2) is 5.76 Å². The smallest absolute Gasteiger partial charge is 0.407 e. The average molecular weight is 806 g/mol. The van der Waals surface area contributed by atoms with Crippen LogP contribution < -0.4 is 10.6 Å². The molecule has 0 bridgehead atoms. The minimum Gasteiger partial charge on any atom is -0.453 e. The Hall–Kier alpha value is -7.40. The molecule has 14 nitrogen and oxygen atoms in total. The summed E-state index contributed by atoms with van der Waals surface area (Å²) in [5, 5.41) is 5.39. The Labute approximate surface area is 346 Å². The molecule has 4 atom stereocenters. The second kappa shape index (κ2) is 17.6. The number of aromatic nitrogens is 3. The number of ether oxygens (including phenoxy) is 2. The van der Waals surface area contributed by atoms with Crippen molar-refractivity contribution in [2.24, 2.45) is 0 Å². The van der Waals surface area contributed by atoms with Crippen LogP contribution in [0.4, 0.5) is 9.59 Å². The number of oxazole rings is 1. The number of carbonyl (C=O) groups excluding carboxylic acids is 4. The highest BCUT2D eigenvalue weighted by Crippen LogP contribution is 2.36. The lowest BCUT2D eigenvalue weighted by Crippen LogP contribution is -2.42. The number of fused-ring (bicyclic) bond motifs is 1. The Bertz CT molecular complexity index is 2560. The Morgan fingerprint density at radius 2 is 1.28 bits per heavy atom. The summed E-state index contributed by atoms with van der Waals surface area (Å²) in [4.78, 5) is 68.5. The highest BCUT2D eigenvalue weighted by atomic mass is 16.5. The van der Waals surface area contributed by atoms with E-state index in [-0.39, 0.29) is 23.9 Å². The largest absolute Gasteiger partial charge is 0.453 e. The molecule has 3 N–H and O–H groups in total. The summed E-state index contributed by atoms with van der Waals surface area (Å²) in [7, 11) is 2.54. The molecule has 2 fully saturated rings. The van der Waals surface area contributed by atoms with Crippen LogP contribution in [0.25, 0.3) is 22.4 Å². The molecule has 6 aromatic rings. The summed E-state index contributed by atoms with van der Waals surface area (Å²) < 4.78 is 15.9. The van der Waals surface area contributed by atoms with Gasteiger partial charge in [0.05, 0.1) is 37.5 Å². The Morgan fingerprint density at radius 1 is 0.733 bits per heavy atom. The molecule has 4 amide bonds. The van der Waals surface area contributed by atoms with E-state index in [1.165, 1.54) is 14.2 Å². The van der Waals surface area contributed by atoms with E-state index >= 15 is 0 Å². The molecule has 8 rings (SSSR count). The van der Waals surface area contributed by atoms with Crippen molar-refractivity contribution in [3.63, 3.8) is 0 Å². The van der Waals surface area contributed by atoms with Crippen LogP contribution in [0.5, 0.6) is 0 Å². The normalized spacial score (nSPS) is 17.0. The van der Waals surface area contributed by atoms with Crippen LogP contribution in [-0.4, -0.2) is 76.1 Å². The van der Waals surface area contributed by atoms with Gasteiger partial charge in [-0.2, -0.15) is 0 Å². The van der Waals surface area contributed by atoms with E-state index in [1.54, 1.807) is 28.1 Å². The van der Waals surface area contributed by atoms with Gasteiger partial charge in [-0.3, -0.25) is 9.59 Å². The first-order valence-corrected chi connectivity index (χ1v) is 19.8. The quantitative estimate of drug-likeness (QED) is 0.129. The van der Waals surface area contributed by atoms with Crippen LogP contribution >= 0.6 is 0 Å². The van der Waals surface area contributed by atoms with E-state index in [0.717, 1.165) is 47.0 Å². The first-order chi connectivity index (χ1) is 29.3. The molecule has 304 valence electrons. The van der Waals surface area contributed by atoms with E-state index in [1.807, 2.05) is 91.0 Å². The molecule has 2 saturated heterocycles. The molecule has 4 heterocycles. The van der Waals surface area contributed by atoms with Crippen LogP contribution in [0.1, 0.15) is 83.8 Å². The topological polar surface area (TPSA) is 172 Å². The number of benzene rings is 4. The zero-order valence-corrected chi connectivity index (χ0v) is 33.1. The maximum atomic E-state index is 13.9. The first kappa shape index (κ1) is 39.4. The van der Waals surface area contributed by atoms with E-state index < -0.39 is 24.3 Å². The number of aromatic amines is 1. The van der Waals surface area contributed by atoms with Crippen molar-refractivity contribution in [1.29, 1.82) is 0 Å². The number of methoxy groups -OCH3 is 2. The second-order valence-corrected chi connectivity index (χ2v) is 14.6. The lowest BCUT2D eigenvalue weighted by molar-refractivity contribution is -0.135. The van der Waals surface area contributed by atoms with Gasteiger partial charge in [-0.25, -0.2) is 19.6 Å². The number of imidazole rings is 1. The SMILES string of the molecule is COC(=O)N[C@@H](C(=O)N1CCC[C@H]1c1nc2ccc(C#Cc3ccc(-c4cnc([C@@H]5CCCN5C(=O)[C@H](NC(=O)OC)c5ccccc5)o4)cc3)cc2[nH]1)c1ccccc1. The lowest BCUT2D eigenvalue weighted by Gasteiger charge is -2.28. The number of likely N-dealkylation sites (tertiary alicyclic amines) is 2. The van der Waals surface area contributed by atoms with Gasteiger partial charge in [-0.15, -0.1) is 0 Å². The fourth-order valence-corrected chi connectivity index (χ4v) is 7.86. The van der Waals surface area contributed by atoms with Gasteiger partial charge in [0.25, 0.3) is 11.8 Å². The van der Waals surface area contributed by atoms with Crippen molar-refractivity contribution >= 4 is 35.0 Å². The van der Waals surface area contributed by atoms with Crippen LogP contribution in [0.3, 0.4) is 0 Å². The predicted molar refractivity (Wildman–Crippen MR) is 221 cm³/mol. The Morgan fingerprint density at radius 3 is 1.88 bits per heavy atom. The number of nitrogens with zero attached hydrogens (tertiary/aromatic N) is 4. The zero-order chi connectivity index (χ0) is 41.6. The number of hydrogen-bond acceptors (Lipinski definition) is 9. The average Bonchev–Trinajstić information content (AvgIpc) is 4.13. The van der Waals surface area contributed by atoms with Crippen molar-refractivity contribution in [2.75, 3.05) is 27.3 Å². The number of alkyl carbamates (subject to hydrolysis) is 2. The molecule has 0 radical (unpaired) electrons.